The van der Waals surface area contributed by atoms with E-state index >= 15 is 0 Å². The van der Waals surface area contributed by atoms with E-state index in [1.807, 2.05) is 37.6 Å². The first-order valence-corrected chi connectivity index (χ1v) is 7.42. The van der Waals surface area contributed by atoms with Crippen molar-refractivity contribution in [2.24, 2.45) is 0 Å². The van der Waals surface area contributed by atoms with E-state index < -0.39 is 0 Å². The normalized spacial score (nSPS) is 21.9. The van der Waals surface area contributed by atoms with Gasteiger partial charge in [0.2, 0.25) is 0 Å². The molecule has 0 aliphatic carbocycles. The molecule has 4 nitrogen and oxygen atoms in total. The smallest absolute Gasteiger partial charge is 0.400 e. The molecule has 0 amide bonds. The molecule has 2 rings (SSSR count). The SMILES string of the molecule is CN[C@@H](C)c1ccncc1/C=C/B1OC(C)(C)C(C)(C)O1. The maximum absolute atomic E-state index is 5.97. The number of hydrogen-bond donors (Lipinski definition) is 1. The summed E-state index contributed by atoms with van der Waals surface area (Å²) in [5.41, 5.74) is 1.67. The third-order valence-electron chi connectivity index (χ3n) is 4.49. The molecule has 1 aliphatic heterocycles. The van der Waals surface area contributed by atoms with Crippen LogP contribution in [-0.4, -0.2) is 30.4 Å². The number of rotatable bonds is 4. The van der Waals surface area contributed by atoms with Gasteiger partial charge in [-0.15, -0.1) is 0 Å². The molecule has 114 valence electrons. The fraction of sp³-hybridized carbons (Fsp3) is 0.562. The molecule has 1 fully saturated rings. The Kier molecular flexibility index (Phi) is 4.56. The Morgan fingerprint density at radius 2 is 1.86 bits per heavy atom. The van der Waals surface area contributed by atoms with E-state index in [1.54, 1.807) is 0 Å². The monoisotopic (exact) mass is 288 g/mol. The number of hydrogen-bond acceptors (Lipinski definition) is 4. The average Bonchev–Trinajstić information content (AvgIpc) is 2.64. The van der Waals surface area contributed by atoms with Crippen LogP contribution in [0.25, 0.3) is 6.08 Å². The summed E-state index contributed by atoms with van der Waals surface area (Å²) in [5, 5.41) is 3.25. The fourth-order valence-electron chi connectivity index (χ4n) is 2.26. The lowest BCUT2D eigenvalue weighted by Crippen LogP contribution is -2.41. The molecule has 0 radical (unpaired) electrons. The maximum atomic E-state index is 5.97. The van der Waals surface area contributed by atoms with E-state index in [9.17, 15) is 0 Å². The number of nitrogens with zero attached hydrogens (tertiary/aromatic N) is 1. The molecule has 0 unspecified atom stereocenters. The molecule has 0 aromatic carbocycles. The van der Waals surface area contributed by atoms with Gasteiger partial charge in [0.25, 0.3) is 0 Å². The Bertz CT molecular complexity index is 513. The summed E-state index contributed by atoms with van der Waals surface area (Å²) in [6.07, 6.45) is 5.71. The predicted molar refractivity (Wildman–Crippen MR) is 86.8 cm³/mol. The topological polar surface area (TPSA) is 43.4 Å². The molecule has 5 heteroatoms. The van der Waals surface area contributed by atoms with Crippen molar-refractivity contribution in [3.63, 3.8) is 0 Å². The van der Waals surface area contributed by atoms with E-state index in [2.05, 4.69) is 44.9 Å². The quantitative estimate of drug-likeness (QED) is 0.865. The van der Waals surface area contributed by atoms with Crippen molar-refractivity contribution in [3.05, 3.63) is 35.6 Å². The van der Waals surface area contributed by atoms with Crippen LogP contribution in [0.3, 0.4) is 0 Å². The van der Waals surface area contributed by atoms with Crippen molar-refractivity contribution in [2.45, 2.75) is 51.9 Å². The van der Waals surface area contributed by atoms with Crippen LogP contribution in [-0.2, 0) is 9.31 Å². The van der Waals surface area contributed by atoms with Gasteiger partial charge < -0.3 is 14.6 Å². The van der Waals surface area contributed by atoms with E-state index in [4.69, 9.17) is 9.31 Å². The highest BCUT2D eigenvalue weighted by atomic mass is 16.7. The van der Waals surface area contributed by atoms with Crippen LogP contribution < -0.4 is 5.32 Å². The molecule has 1 atom stereocenters. The Morgan fingerprint density at radius 1 is 1.24 bits per heavy atom. The summed E-state index contributed by atoms with van der Waals surface area (Å²) < 4.78 is 11.9. The van der Waals surface area contributed by atoms with E-state index in [-0.39, 0.29) is 24.4 Å². The lowest BCUT2D eigenvalue weighted by Gasteiger charge is -2.32. The summed E-state index contributed by atoms with van der Waals surface area (Å²) in [6.45, 7) is 10.3. The molecule has 0 saturated carbocycles. The largest absolute Gasteiger partial charge is 0.487 e. The van der Waals surface area contributed by atoms with Gasteiger partial charge in [0, 0.05) is 18.4 Å². The van der Waals surface area contributed by atoms with E-state index in [0.717, 1.165) is 5.56 Å². The van der Waals surface area contributed by atoms with Gasteiger partial charge in [-0.05, 0) is 58.9 Å². The van der Waals surface area contributed by atoms with Crippen LogP contribution >= 0.6 is 0 Å². The van der Waals surface area contributed by atoms with Crippen molar-refractivity contribution in [1.82, 2.24) is 10.3 Å². The number of pyridine rings is 1. The highest BCUT2D eigenvalue weighted by molar-refractivity contribution is 6.52. The minimum atomic E-state index is -0.326. The van der Waals surface area contributed by atoms with Gasteiger partial charge in [0.1, 0.15) is 0 Å². The second kappa shape index (κ2) is 5.91. The lowest BCUT2D eigenvalue weighted by molar-refractivity contribution is 0.00578. The highest BCUT2D eigenvalue weighted by Crippen LogP contribution is 2.37. The van der Waals surface area contributed by atoms with Gasteiger partial charge in [-0.25, -0.2) is 0 Å². The summed E-state index contributed by atoms with van der Waals surface area (Å²) in [7, 11) is 1.63. The zero-order valence-corrected chi connectivity index (χ0v) is 13.8. The Morgan fingerprint density at radius 3 is 2.43 bits per heavy atom. The van der Waals surface area contributed by atoms with Crippen molar-refractivity contribution in [1.29, 1.82) is 0 Å². The van der Waals surface area contributed by atoms with Crippen molar-refractivity contribution in [2.75, 3.05) is 7.05 Å². The molecule has 2 heterocycles. The molecular formula is C16H25BN2O2. The van der Waals surface area contributed by atoms with Gasteiger partial charge in [0.15, 0.2) is 0 Å². The van der Waals surface area contributed by atoms with Crippen LogP contribution in [0.2, 0.25) is 0 Å². The van der Waals surface area contributed by atoms with Gasteiger partial charge in [-0.1, -0.05) is 12.1 Å². The lowest BCUT2D eigenvalue weighted by atomic mass is 9.88. The third-order valence-corrected chi connectivity index (χ3v) is 4.49. The molecule has 1 aromatic rings. The zero-order chi connectivity index (χ0) is 15.7. The summed E-state index contributed by atoms with van der Waals surface area (Å²) in [5.74, 6) is 1.96. The van der Waals surface area contributed by atoms with E-state index in [0.29, 0.717) is 0 Å². The average molecular weight is 288 g/mol. The number of nitrogens with one attached hydrogen (secondary N) is 1. The van der Waals surface area contributed by atoms with Gasteiger partial charge >= 0.3 is 7.12 Å². The van der Waals surface area contributed by atoms with Gasteiger partial charge in [-0.3, -0.25) is 4.98 Å². The van der Waals surface area contributed by atoms with Gasteiger partial charge in [-0.2, -0.15) is 0 Å². The van der Waals surface area contributed by atoms with E-state index in [1.165, 1.54) is 5.56 Å². The molecule has 1 aromatic heterocycles. The molecule has 1 N–H and O–H groups in total. The molecule has 1 aliphatic rings. The highest BCUT2D eigenvalue weighted by Gasteiger charge is 2.49. The minimum absolute atomic E-state index is 0.269. The molecule has 21 heavy (non-hydrogen) atoms. The first kappa shape index (κ1) is 16.2. The van der Waals surface area contributed by atoms with Crippen molar-refractivity contribution >= 4 is 13.2 Å². The van der Waals surface area contributed by atoms with Crippen LogP contribution in [0.15, 0.2) is 24.4 Å². The first-order chi connectivity index (χ1) is 9.77. The standard InChI is InChI=1S/C16H25BN2O2/c1-12(18-6)14-8-10-19-11-13(14)7-9-17-20-15(2,3)16(4,5)21-17/h7-12,18H,1-6H3/b9-7+/t12-/m0/s1. The van der Waals surface area contributed by atoms with Crippen molar-refractivity contribution < 1.29 is 9.31 Å². The summed E-state index contributed by atoms with van der Waals surface area (Å²) >= 11 is 0. The minimum Gasteiger partial charge on any atom is -0.400 e. The summed E-state index contributed by atoms with van der Waals surface area (Å²) in [4.78, 5) is 4.20. The van der Waals surface area contributed by atoms with Crippen LogP contribution in [0.1, 0.15) is 51.8 Å². The first-order valence-electron chi connectivity index (χ1n) is 7.42. The second-order valence-corrected chi connectivity index (χ2v) is 6.50. The predicted octanol–water partition coefficient (Wildman–Crippen LogP) is 3.01. The van der Waals surface area contributed by atoms with Crippen LogP contribution in [0.4, 0.5) is 0 Å². The fourth-order valence-corrected chi connectivity index (χ4v) is 2.26. The maximum Gasteiger partial charge on any atom is 0.487 e. The molecule has 0 spiro atoms. The zero-order valence-electron chi connectivity index (χ0n) is 13.8. The number of aromatic nitrogens is 1. The molecular weight excluding hydrogens is 263 g/mol. The second-order valence-electron chi connectivity index (χ2n) is 6.50. The third kappa shape index (κ3) is 3.36. The molecule has 1 saturated heterocycles. The van der Waals surface area contributed by atoms with Gasteiger partial charge in [0.05, 0.1) is 11.2 Å². The van der Waals surface area contributed by atoms with Crippen molar-refractivity contribution in [3.8, 4) is 0 Å². The van der Waals surface area contributed by atoms with Crippen LogP contribution in [0, 0.1) is 0 Å². The Hall–Kier alpha value is -1.17. The Balaban J connectivity index is 2.17. The molecule has 0 bridgehead atoms. The van der Waals surface area contributed by atoms with Crippen LogP contribution in [0.5, 0.6) is 0 Å². The Labute approximate surface area is 128 Å². The summed E-state index contributed by atoms with van der Waals surface area (Å²) in [6, 6.07) is 2.30.